The van der Waals surface area contributed by atoms with E-state index in [4.69, 9.17) is 21.2 Å². The summed E-state index contributed by atoms with van der Waals surface area (Å²) in [5.41, 5.74) is 0.349. The van der Waals surface area contributed by atoms with E-state index in [-0.39, 0.29) is 18.9 Å². The van der Waals surface area contributed by atoms with Crippen LogP contribution in [0.25, 0.3) is 0 Å². The third-order valence-corrected chi connectivity index (χ3v) is 2.98. The molecule has 0 bridgehead atoms. The van der Waals surface area contributed by atoms with Crippen molar-refractivity contribution >= 4 is 23.5 Å². The molecular formula is C15H13ClN2O4. The summed E-state index contributed by atoms with van der Waals surface area (Å²) in [5.74, 6) is 0.565. The van der Waals surface area contributed by atoms with Gasteiger partial charge in [-0.05, 0) is 18.2 Å². The van der Waals surface area contributed by atoms with Crippen molar-refractivity contribution in [1.82, 2.24) is 0 Å². The minimum Gasteiger partial charge on any atom is -0.488 e. The standard InChI is InChI=1S/C15H13ClN2O4/c16-13-6-2-4-8-15(13)21-9-10-22-17-11-12-5-1-3-7-14(12)18(19)20/h1-8,11H,9-10H2/b17-11-. The van der Waals surface area contributed by atoms with E-state index in [1.807, 2.05) is 12.1 Å². The Bertz CT molecular complexity index is 676. The molecule has 2 rings (SSSR count). The second-order valence-electron chi connectivity index (χ2n) is 4.16. The molecule has 0 aliphatic carbocycles. The normalized spacial score (nSPS) is 10.6. The Balaban J connectivity index is 1.80. The smallest absolute Gasteiger partial charge is 0.278 e. The third kappa shape index (κ3) is 4.46. The first-order chi connectivity index (χ1) is 10.7. The second kappa shape index (κ2) is 7.99. The Morgan fingerprint density at radius 1 is 1.14 bits per heavy atom. The molecule has 0 unspecified atom stereocenters. The molecule has 114 valence electrons. The molecule has 2 aromatic carbocycles. The van der Waals surface area contributed by atoms with Crippen LogP contribution >= 0.6 is 11.6 Å². The fourth-order valence-electron chi connectivity index (χ4n) is 1.66. The van der Waals surface area contributed by atoms with Gasteiger partial charge in [-0.25, -0.2) is 0 Å². The lowest BCUT2D eigenvalue weighted by atomic mass is 10.2. The summed E-state index contributed by atoms with van der Waals surface area (Å²) < 4.78 is 5.41. The Hall–Kier alpha value is -2.60. The van der Waals surface area contributed by atoms with Crippen molar-refractivity contribution in [3.05, 3.63) is 69.2 Å². The monoisotopic (exact) mass is 320 g/mol. The Labute approximate surface area is 132 Å². The molecule has 6 nitrogen and oxygen atoms in total. The van der Waals surface area contributed by atoms with E-state index in [1.54, 1.807) is 30.3 Å². The van der Waals surface area contributed by atoms with Crippen LogP contribution in [-0.4, -0.2) is 24.4 Å². The van der Waals surface area contributed by atoms with Gasteiger partial charge in [-0.2, -0.15) is 0 Å². The molecular weight excluding hydrogens is 308 g/mol. The molecule has 0 amide bonds. The summed E-state index contributed by atoms with van der Waals surface area (Å²) in [6.45, 7) is 0.459. The second-order valence-corrected chi connectivity index (χ2v) is 4.57. The van der Waals surface area contributed by atoms with E-state index in [0.717, 1.165) is 0 Å². The molecule has 0 aliphatic rings. The van der Waals surface area contributed by atoms with E-state index in [9.17, 15) is 10.1 Å². The summed E-state index contributed by atoms with van der Waals surface area (Å²) in [5, 5.41) is 15.0. The number of para-hydroxylation sites is 2. The molecule has 0 N–H and O–H groups in total. The van der Waals surface area contributed by atoms with Crippen molar-refractivity contribution in [2.75, 3.05) is 13.2 Å². The summed E-state index contributed by atoms with van der Waals surface area (Å²) in [7, 11) is 0. The minimum absolute atomic E-state index is 0.0258. The summed E-state index contributed by atoms with van der Waals surface area (Å²) in [6, 6.07) is 13.4. The van der Waals surface area contributed by atoms with Gasteiger partial charge in [0, 0.05) is 6.07 Å². The van der Waals surface area contributed by atoms with Gasteiger partial charge in [-0.3, -0.25) is 10.1 Å². The van der Waals surface area contributed by atoms with Crippen LogP contribution in [0.15, 0.2) is 53.7 Å². The molecule has 0 heterocycles. The van der Waals surface area contributed by atoms with Gasteiger partial charge in [0.15, 0.2) is 6.61 Å². The van der Waals surface area contributed by atoms with Crippen molar-refractivity contribution in [3.63, 3.8) is 0 Å². The molecule has 22 heavy (non-hydrogen) atoms. The van der Waals surface area contributed by atoms with Crippen LogP contribution in [-0.2, 0) is 4.84 Å². The number of rotatable bonds is 7. The molecule has 0 spiro atoms. The van der Waals surface area contributed by atoms with Crippen LogP contribution in [0.5, 0.6) is 5.75 Å². The highest BCUT2D eigenvalue weighted by molar-refractivity contribution is 6.32. The number of nitro groups is 1. The van der Waals surface area contributed by atoms with E-state index >= 15 is 0 Å². The van der Waals surface area contributed by atoms with E-state index in [1.165, 1.54) is 12.3 Å². The highest BCUT2D eigenvalue weighted by Crippen LogP contribution is 2.22. The lowest BCUT2D eigenvalue weighted by molar-refractivity contribution is -0.385. The topological polar surface area (TPSA) is 74.0 Å². The van der Waals surface area contributed by atoms with Crippen LogP contribution in [0.1, 0.15) is 5.56 Å². The van der Waals surface area contributed by atoms with Crippen molar-refractivity contribution < 1.29 is 14.5 Å². The first kappa shape index (κ1) is 15.8. The highest BCUT2D eigenvalue weighted by atomic mass is 35.5. The number of ether oxygens (including phenoxy) is 1. The number of oxime groups is 1. The van der Waals surface area contributed by atoms with Gasteiger partial charge in [0.05, 0.1) is 21.7 Å². The third-order valence-electron chi connectivity index (χ3n) is 2.67. The first-order valence-corrected chi connectivity index (χ1v) is 6.82. The van der Waals surface area contributed by atoms with Gasteiger partial charge >= 0.3 is 0 Å². The number of nitro benzene ring substituents is 1. The van der Waals surface area contributed by atoms with Crippen LogP contribution in [0.3, 0.4) is 0 Å². The lowest BCUT2D eigenvalue weighted by Crippen LogP contribution is -2.04. The van der Waals surface area contributed by atoms with Crippen molar-refractivity contribution in [2.45, 2.75) is 0 Å². The summed E-state index contributed by atoms with van der Waals surface area (Å²) in [6.07, 6.45) is 1.30. The fourth-order valence-corrected chi connectivity index (χ4v) is 1.85. The van der Waals surface area contributed by atoms with Crippen LogP contribution in [0.2, 0.25) is 5.02 Å². The SMILES string of the molecule is O=[N+]([O-])c1ccccc1/C=N\OCCOc1ccccc1Cl. The van der Waals surface area contributed by atoms with Crippen molar-refractivity contribution in [1.29, 1.82) is 0 Å². The number of hydrogen-bond donors (Lipinski definition) is 0. The maximum Gasteiger partial charge on any atom is 0.278 e. The average molecular weight is 321 g/mol. The van der Waals surface area contributed by atoms with Crippen LogP contribution in [0.4, 0.5) is 5.69 Å². The van der Waals surface area contributed by atoms with Gasteiger partial charge < -0.3 is 9.57 Å². The van der Waals surface area contributed by atoms with Crippen molar-refractivity contribution in [2.24, 2.45) is 5.16 Å². The highest BCUT2D eigenvalue weighted by Gasteiger charge is 2.09. The zero-order valence-electron chi connectivity index (χ0n) is 11.5. The Morgan fingerprint density at radius 2 is 1.86 bits per heavy atom. The number of hydrogen-bond acceptors (Lipinski definition) is 5. The maximum atomic E-state index is 10.8. The van der Waals surface area contributed by atoms with Crippen LogP contribution < -0.4 is 4.74 Å². The predicted molar refractivity (Wildman–Crippen MR) is 83.6 cm³/mol. The molecule has 0 aromatic heterocycles. The maximum absolute atomic E-state index is 10.8. The van der Waals surface area contributed by atoms with E-state index < -0.39 is 4.92 Å². The van der Waals surface area contributed by atoms with Crippen LogP contribution in [0, 0.1) is 10.1 Å². The predicted octanol–water partition coefficient (Wildman–Crippen LogP) is 3.68. The molecule has 0 radical (unpaired) electrons. The van der Waals surface area contributed by atoms with E-state index in [2.05, 4.69) is 5.16 Å². The Kier molecular flexibility index (Phi) is 5.73. The largest absolute Gasteiger partial charge is 0.488 e. The average Bonchev–Trinajstić information content (AvgIpc) is 2.52. The van der Waals surface area contributed by atoms with Gasteiger partial charge in [-0.15, -0.1) is 0 Å². The minimum atomic E-state index is -0.470. The molecule has 0 fully saturated rings. The number of nitrogens with zero attached hydrogens (tertiary/aromatic N) is 2. The number of benzene rings is 2. The molecule has 0 aliphatic heterocycles. The number of halogens is 1. The fraction of sp³-hybridized carbons (Fsp3) is 0.133. The van der Waals surface area contributed by atoms with E-state index in [0.29, 0.717) is 16.3 Å². The molecule has 0 saturated heterocycles. The summed E-state index contributed by atoms with van der Waals surface area (Å²) >= 11 is 5.93. The van der Waals surface area contributed by atoms with Gasteiger partial charge in [0.1, 0.15) is 12.4 Å². The zero-order chi connectivity index (χ0) is 15.8. The molecule has 7 heteroatoms. The quantitative estimate of drug-likeness (QED) is 0.337. The Morgan fingerprint density at radius 3 is 2.64 bits per heavy atom. The summed E-state index contributed by atoms with van der Waals surface area (Å²) in [4.78, 5) is 15.4. The molecule has 2 aromatic rings. The molecule has 0 atom stereocenters. The van der Waals surface area contributed by atoms with Gasteiger partial charge in [0.25, 0.3) is 5.69 Å². The van der Waals surface area contributed by atoms with Gasteiger partial charge in [0.2, 0.25) is 0 Å². The molecule has 0 saturated carbocycles. The van der Waals surface area contributed by atoms with Gasteiger partial charge in [-0.1, -0.05) is 41.0 Å². The first-order valence-electron chi connectivity index (χ1n) is 6.44. The lowest BCUT2D eigenvalue weighted by Gasteiger charge is -2.06. The van der Waals surface area contributed by atoms with Crippen molar-refractivity contribution in [3.8, 4) is 5.75 Å². The zero-order valence-corrected chi connectivity index (χ0v) is 12.3.